The molecule has 0 aliphatic rings. The molecule has 0 aliphatic heterocycles. The number of ether oxygens (including phenoxy) is 2. The summed E-state index contributed by atoms with van der Waals surface area (Å²) in [4.78, 5) is 34.8. The second-order valence-corrected chi connectivity index (χ2v) is 14.6. The van der Waals surface area contributed by atoms with E-state index in [1.807, 2.05) is 24.3 Å². The summed E-state index contributed by atoms with van der Waals surface area (Å²) < 4.78 is 32.6. The molecule has 0 aromatic carbocycles. The predicted molar refractivity (Wildman–Crippen MR) is 237 cm³/mol. The Morgan fingerprint density at radius 1 is 0.544 bits per heavy atom. The Morgan fingerprint density at radius 3 is 1.40 bits per heavy atom. The van der Waals surface area contributed by atoms with Crippen molar-refractivity contribution >= 4 is 19.8 Å². The van der Waals surface area contributed by atoms with Gasteiger partial charge in [-0.05, 0) is 83.5 Å². The molecular formula is C47H74NO8P. The minimum Gasteiger partial charge on any atom is -0.462 e. The van der Waals surface area contributed by atoms with Crippen molar-refractivity contribution in [3.8, 4) is 0 Å². The van der Waals surface area contributed by atoms with E-state index in [1.165, 1.54) is 25.7 Å². The van der Waals surface area contributed by atoms with Gasteiger partial charge in [0, 0.05) is 19.4 Å². The lowest BCUT2D eigenvalue weighted by Gasteiger charge is -2.19. The molecule has 0 amide bonds. The fourth-order valence-electron chi connectivity index (χ4n) is 4.78. The number of hydrogen-bond donors (Lipinski definition) is 2. The van der Waals surface area contributed by atoms with Crippen molar-refractivity contribution in [3.05, 3.63) is 122 Å². The number of allylic oxidation sites excluding steroid dienone is 20. The zero-order valence-electron chi connectivity index (χ0n) is 35.0. The summed E-state index contributed by atoms with van der Waals surface area (Å²) in [5.41, 5.74) is 5.33. The monoisotopic (exact) mass is 812 g/mol. The van der Waals surface area contributed by atoms with Gasteiger partial charge in [-0.1, -0.05) is 155 Å². The SMILES string of the molecule is CC/C=C\C/C=C\C/C=C\C/C=C\C/C=C\C/C=C\CCC(=O)OC(COC(=O)CC/C=C\C/C=C\C/C=C\C/C=C\CCCCCC)COP(=O)(O)OCCN. The van der Waals surface area contributed by atoms with Crippen LogP contribution in [0.1, 0.15) is 129 Å². The van der Waals surface area contributed by atoms with Gasteiger partial charge in [0.15, 0.2) is 6.10 Å². The normalized spacial score (nSPS) is 14.5. The highest BCUT2D eigenvalue weighted by atomic mass is 31.2. The lowest BCUT2D eigenvalue weighted by atomic mass is 10.1. The van der Waals surface area contributed by atoms with Crippen molar-refractivity contribution in [1.29, 1.82) is 0 Å². The number of hydrogen-bond acceptors (Lipinski definition) is 8. The number of carbonyl (C=O) groups excluding carboxylic acids is 2. The van der Waals surface area contributed by atoms with Crippen LogP contribution in [0.15, 0.2) is 122 Å². The second-order valence-electron chi connectivity index (χ2n) is 13.1. The first kappa shape index (κ1) is 53.4. The van der Waals surface area contributed by atoms with Crippen LogP contribution in [-0.2, 0) is 32.7 Å². The van der Waals surface area contributed by atoms with E-state index in [2.05, 4.69) is 111 Å². The van der Waals surface area contributed by atoms with Crippen LogP contribution in [0.4, 0.5) is 0 Å². The van der Waals surface area contributed by atoms with Crippen molar-refractivity contribution < 1.29 is 37.6 Å². The molecule has 0 aliphatic carbocycles. The molecule has 0 rings (SSSR count). The van der Waals surface area contributed by atoms with E-state index in [0.29, 0.717) is 12.8 Å². The van der Waals surface area contributed by atoms with E-state index in [-0.39, 0.29) is 32.6 Å². The maximum absolute atomic E-state index is 12.5. The minimum atomic E-state index is -4.42. The van der Waals surface area contributed by atoms with Crippen molar-refractivity contribution in [3.63, 3.8) is 0 Å². The summed E-state index contributed by atoms with van der Waals surface area (Å²) in [6, 6.07) is 0. The molecule has 9 nitrogen and oxygen atoms in total. The lowest BCUT2D eigenvalue weighted by Crippen LogP contribution is -2.29. The fraction of sp³-hybridized carbons (Fsp3) is 0.532. The topological polar surface area (TPSA) is 134 Å². The van der Waals surface area contributed by atoms with Gasteiger partial charge in [-0.15, -0.1) is 0 Å². The van der Waals surface area contributed by atoms with Gasteiger partial charge >= 0.3 is 19.8 Å². The van der Waals surface area contributed by atoms with E-state index in [1.54, 1.807) is 0 Å². The molecule has 2 unspecified atom stereocenters. The van der Waals surface area contributed by atoms with Gasteiger partial charge in [0.2, 0.25) is 0 Å². The third kappa shape index (κ3) is 41.9. The summed E-state index contributed by atoms with van der Waals surface area (Å²) in [5.74, 6) is -1.03. The zero-order valence-corrected chi connectivity index (χ0v) is 35.9. The molecular weight excluding hydrogens is 737 g/mol. The Labute approximate surface area is 345 Å². The number of carbonyl (C=O) groups is 2. The fourth-order valence-corrected chi connectivity index (χ4v) is 5.55. The third-order valence-electron chi connectivity index (χ3n) is 7.86. The molecule has 10 heteroatoms. The number of unbranched alkanes of at least 4 members (excludes halogenated alkanes) is 4. The molecule has 0 heterocycles. The average Bonchev–Trinajstić information content (AvgIpc) is 3.20. The number of rotatable bonds is 37. The van der Waals surface area contributed by atoms with E-state index in [4.69, 9.17) is 24.3 Å². The second kappa shape index (κ2) is 42.0. The van der Waals surface area contributed by atoms with Gasteiger partial charge in [-0.3, -0.25) is 18.6 Å². The smallest absolute Gasteiger partial charge is 0.462 e. The van der Waals surface area contributed by atoms with Crippen LogP contribution >= 0.6 is 7.82 Å². The molecule has 3 N–H and O–H groups in total. The highest BCUT2D eigenvalue weighted by Crippen LogP contribution is 2.43. The molecule has 0 radical (unpaired) electrons. The summed E-state index contributed by atoms with van der Waals surface area (Å²) in [6.07, 6.45) is 56.9. The van der Waals surface area contributed by atoms with E-state index >= 15 is 0 Å². The van der Waals surface area contributed by atoms with Gasteiger partial charge in [0.25, 0.3) is 0 Å². The predicted octanol–water partition coefficient (Wildman–Crippen LogP) is 12.2. The first-order valence-electron chi connectivity index (χ1n) is 21.0. The largest absolute Gasteiger partial charge is 0.472 e. The summed E-state index contributed by atoms with van der Waals surface area (Å²) >= 11 is 0. The quantitative estimate of drug-likeness (QED) is 0.0272. The summed E-state index contributed by atoms with van der Waals surface area (Å²) in [6.45, 7) is 3.39. The number of phosphoric acid groups is 1. The number of phosphoric ester groups is 1. The maximum atomic E-state index is 12.5. The molecule has 0 fully saturated rings. The average molecular weight is 812 g/mol. The number of nitrogens with two attached hydrogens (primary N) is 1. The highest BCUT2D eigenvalue weighted by molar-refractivity contribution is 7.47. The van der Waals surface area contributed by atoms with Crippen LogP contribution in [0.3, 0.4) is 0 Å². The molecule has 57 heavy (non-hydrogen) atoms. The first-order valence-corrected chi connectivity index (χ1v) is 22.5. The molecule has 0 spiro atoms. The Bertz CT molecular complexity index is 1340. The minimum absolute atomic E-state index is 0.0258. The molecule has 0 aromatic rings. The molecule has 0 aromatic heterocycles. The van der Waals surface area contributed by atoms with Gasteiger partial charge in [-0.25, -0.2) is 4.57 Å². The van der Waals surface area contributed by atoms with E-state index < -0.39 is 32.5 Å². The lowest BCUT2D eigenvalue weighted by molar-refractivity contribution is -0.161. The first-order chi connectivity index (χ1) is 27.8. The number of esters is 2. The zero-order chi connectivity index (χ0) is 41.8. The van der Waals surface area contributed by atoms with Crippen LogP contribution in [0.2, 0.25) is 0 Å². The van der Waals surface area contributed by atoms with Crippen LogP contribution in [0.5, 0.6) is 0 Å². The van der Waals surface area contributed by atoms with Crippen LogP contribution in [0, 0.1) is 0 Å². The summed E-state index contributed by atoms with van der Waals surface area (Å²) in [7, 11) is -4.42. The van der Waals surface area contributed by atoms with Crippen molar-refractivity contribution in [2.45, 2.75) is 136 Å². The molecule has 0 saturated carbocycles. The maximum Gasteiger partial charge on any atom is 0.472 e. The molecule has 320 valence electrons. The van der Waals surface area contributed by atoms with Crippen LogP contribution in [0.25, 0.3) is 0 Å². The van der Waals surface area contributed by atoms with Gasteiger partial charge in [0.1, 0.15) is 6.61 Å². The third-order valence-corrected chi connectivity index (χ3v) is 8.84. The van der Waals surface area contributed by atoms with Crippen molar-refractivity contribution in [2.75, 3.05) is 26.4 Å². The Kier molecular flexibility index (Phi) is 39.4. The van der Waals surface area contributed by atoms with E-state index in [9.17, 15) is 19.0 Å². The van der Waals surface area contributed by atoms with Crippen molar-refractivity contribution in [1.82, 2.24) is 0 Å². The molecule has 0 saturated heterocycles. The standard InChI is InChI=1S/C47H74NO8P/c1-3-5-7-9-11-13-15-17-19-21-22-24-26-28-30-32-34-36-38-40-47(50)56-45(44-55-57(51,52)54-42-41-48)43-53-46(49)39-37-35-33-31-29-27-25-23-20-18-16-14-12-10-8-6-4-2/h5,7,11,13-14,16-17,19-20,22-24,27-30,33-36,45H,3-4,6,8-10,12,15,18,21,25-26,31-32,37-44,48H2,1-2H3,(H,51,52)/b7-5-,13-11-,16-14-,19-17-,23-20-,24-22-,29-27-,30-28-,35-33-,36-34-. The highest BCUT2D eigenvalue weighted by Gasteiger charge is 2.25. The molecule has 0 bridgehead atoms. The van der Waals surface area contributed by atoms with E-state index in [0.717, 1.165) is 64.2 Å². The Hall–Kier alpha value is -3.59. The van der Waals surface area contributed by atoms with Crippen molar-refractivity contribution in [2.24, 2.45) is 5.73 Å². The van der Waals surface area contributed by atoms with Gasteiger partial charge in [0.05, 0.1) is 13.2 Å². The van der Waals surface area contributed by atoms with Crippen LogP contribution in [-0.4, -0.2) is 49.3 Å². The Morgan fingerprint density at radius 2 is 0.965 bits per heavy atom. The summed E-state index contributed by atoms with van der Waals surface area (Å²) in [5, 5.41) is 0. The van der Waals surface area contributed by atoms with Gasteiger partial charge < -0.3 is 20.1 Å². The van der Waals surface area contributed by atoms with Crippen LogP contribution < -0.4 is 5.73 Å². The molecule has 2 atom stereocenters. The van der Waals surface area contributed by atoms with Gasteiger partial charge in [-0.2, -0.15) is 0 Å². The Balaban J connectivity index is 4.45.